The third-order valence-corrected chi connectivity index (χ3v) is 8.54. The summed E-state index contributed by atoms with van der Waals surface area (Å²) in [5, 5.41) is 9.98. The topological polar surface area (TPSA) is 59.3 Å². The normalized spacial score (nSPS) is 23.4. The van der Waals surface area contributed by atoms with Gasteiger partial charge in [0.2, 0.25) is 0 Å². The molecule has 3 aliphatic heterocycles. The van der Waals surface area contributed by atoms with Crippen LogP contribution in [-0.2, 0) is 24.0 Å². The highest BCUT2D eigenvalue weighted by Gasteiger charge is 2.54. The summed E-state index contributed by atoms with van der Waals surface area (Å²) in [6.45, 7) is 4.39. The molecule has 11 heteroatoms. The van der Waals surface area contributed by atoms with Gasteiger partial charge in [0.1, 0.15) is 17.3 Å². The minimum absolute atomic E-state index is 0.0910. The van der Waals surface area contributed by atoms with Crippen LogP contribution in [0.5, 0.6) is 0 Å². The predicted molar refractivity (Wildman–Crippen MR) is 131 cm³/mol. The Balaban J connectivity index is 1.11. The van der Waals surface area contributed by atoms with Gasteiger partial charge in [0, 0.05) is 48.6 Å². The molecule has 5 heterocycles. The summed E-state index contributed by atoms with van der Waals surface area (Å²) in [5.41, 5.74) is 1.47. The molecule has 1 aromatic carbocycles. The van der Waals surface area contributed by atoms with Crippen molar-refractivity contribution in [2.75, 3.05) is 31.2 Å². The molecule has 1 saturated carbocycles. The predicted octanol–water partition coefficient (Wildman–Crippen LogP) is 4.82. The monoisotopic (exact) mass is 530 g/mol. The second-order valence-corrected chi connectivity index (χ2v) is 11.3. The minimum Gasteiger partial charge on any atom is -0.380 e. The largest absolute Gasteiger partial charge is 0.433 e. The number of ether oxygens (including phenoxy) is 1. The molecule has 0 amide bonds. The number of aromatic nitrogens is 4. The van der Waals surface area contributed by atoms with E-state index in [1.807, 2.05) is 17.0 Å². The van der Waals surface area contributed by atoms with Crippen molar-refractivity contribution in [3.8, 4) is 5.69 Å². The van der Waals surface area contributed by atoms with Crippen molar-refractivity contribution in [2.24, 2.45) is 5.41 Å². The molecule has 3 aromatic rings. The van der Waals surface area contributed by atoms with E-state index in [0.717, 1.165) is 68.0 Å². The molecule has 2 saturated heterocycles. The molecule has 2 aromatic heterocycles. The van der Waals surface area contributed by atoms with E-state index in [2.05, 4.69) is 30.7 Å². The van der Waals surface area contributed by atoms with Gasteiger partial charge in [-0.1, -0.05) is 17.7 Å². The lowest BCUT2D eigenvalue weighted by molar-refractivity contribution is -0.141. The van der Waals surface area contributed by atoms with E-state index < -0.39 is 11.9 Å². The summed E-state index contributed by atoms with van der Waals surface area (Å²) < 4.78 is 47.1. The molecular weight excluding hydrogens is 505 g/mol. The highest BCUT2D eigenvalue weighted by atomic mass is 35.5. The molecule has 0 N–H and O–H groups in total. The Morgan fingerprint density at radius 2 is 1.89 bits per heavy atom. The lowest BCUT2D eigenvalue weighted by Crippen LogP contribution is -2.62. The Labute approximate surface area is 217 Å². The average Bonchev–Trinajstić information content (AvgIpc) is 3.45. The van der Waals surface area contributed by atoms with E-state index in [9.17, 15) is 13.2 Å². The van der Waals surface area contributed by atoms with Gasteiger partial charge in [-0.25, -0.2) is 4.98 Å². The summed E-state index contributed by atoms with van der Waals surface area (Å²) >= 11 is 6.39. The van der Waals surface area contributed by atoms with Crippen molar-refractivity contribution < 1.29 is 17.9 Å². The number of alkyl halides is 3. The zero-order chi connectivity index (χ0) is 25.4. The first-order valence-corrected chi connectivity index (χ1v) is 13.0. The third-order valence-electron chi connectivity index (χ3n) is 8.30. The number of hydrogen-bond donors (Lipinski definition) is 0. The van der Waals surface area contributed by atoms with Crippen LogP contribution < -0.4 is 4.90 Å². The van der Waals surface area contributed by atoms with Crippen molar-refractivity contribution in [3.63, 3.8) is 0 Å². The molecule has 0 unspecified atom stereocenters. The molecular formula is C26H26ClF3N6O. The van der Waals surface area contributed by atoms with Crippen LogP contribution in [-0.4, -0.2) is 57.0 Å². The van der Waals surface area contributed by atoms with Gasteiger partial charge in [-0.05, 0) is 55.2 Å². The van der Waals surface area contributed by atoms with Crippen molar-refractivity contribution in [3.05, 3.63) is 64.3 Å². The van der Waals surface area contributed by atoms with Crippen molar-refractivity contribution >= 4 is 17.4 Å². The fourth-order valence-corrected chi connectivity index (χ4v) is 6.69. The molecule has 37 heavy (non-hydrogen) atoms. The van der Waals surface area contributed by atoms with E-state index in [1.54, 1.807) is 6.07 Å². The molecule has 7 rings (SSSR count). The fraction of sp³-hybridized carbons (Fsp3) is 0.500. The second kappa shape index (κ2) is 8.41. The molecule has 4 aliphatic rings. The van der Waals surface area contributed by atoms with Crippen LogP contribution >= 0.6 is 11.6 Å². The number of fused-ring (bicyclic) bond motifs is 3. The van der Waals surface area contributed by atoms with Crippen LogP contribution in [0.25, 0.3) is 5.69 Å². The van der Waals surface area contributed by atoms with Crippen LogP contribution in [0.1, 0.15) is 48.1 Å². The van der Waals surface area contributed by atoms with Crippen LogP contribution in [0.15, 0.2) is 36.4 Å². The highest BCUT2D eigenvalue weighted by Crippen LogP contribution is 2.56. The standard InChI is InChI=1S/C26H26ClF3N6O/c27-18-4-5-20-16(8-18)11-34(19-6-7-37-13-19)12-23-32-33-24(36(20)23)17-9-25(10-17)14-35(15-25)22-3-1-2-21(31-22)26(28,29)30/h1-5,8,17,19H,6-7,9-15H2/t19-/m0/s1. The number of nitrogens with zero attached hydrogens (tertiary/aromatic N) is 6. The number of rotatable bonds is 3. The molecule has 3 fully saturated rings. The summed E-state index contributed by atoms with van der Waals surface area (Å²) in [6, 6.07) is 10.4. The number of anilines is 1. The third kappa shape index (κ3) is 4.00. The SMILES string of the molecule is FC(F)(F)c1cccc(N2CC3(CC(c4nnc5n4-c4ccc(Cl)cc4CN([C@H]4CCOC4)C5)C3)C2)n1. The lowest BCUT2D eigenvalue weighted by atomic mass is 9.57. The highest BCUT2D eigenvalue weighted by molar-refractivity contribution is 6.30. The Bertz CT molecular complexity index is 1340. The summed E-state index contributed by atoms with van der Waals surface area (Å²) in [5.74, 6) is 2.53. The van der Waals surface area contributed by atoms with Gasteiger partial charge >= 0.3 is 6.18 Å². The van der Waals surface area contributed by atoms with Crippen LogP contribution in [0.3, 0.4) is 0 Å². The summed E-state index contributed by atoms with van der Waals surface area (Å²) in [7, 11) is 0. The Morgan fingerprint density at radius 1 is 1.05 bits per heavy atom. The maximum atomic E-state index is 13.1. The maximum absolute atomic E-state index is 13.1. The molecule has 7 nitrogen and oxygen atoms in total. The molecule has 1 atom stereocenters. The van der Waals surface area contributed by atoms with Gasteiger partial charge in [-0.3, -0.25) is 9.47 Å². The zero-order valence-electron chi connectivity index (χ0n) is 20.1. The Hall–Kier alpha value is -2.69. The van der Waals surface area contributed by atoms with Gasteiger partial charge in [0.15, 0.2) is 5.82 Å². The van der Waals surface area contributed by atoms with E-state index >= 15 is 0 Å². The molecule has 194 valence electrons. The van der Waals surface area contributed by atoms with Crippen molar-refractivity contribution in [2.45, 2.75) is 50.5 Å². The average molecular weight is 531 g/mol. The van der Waals surface area contributed by atoms with E-state index in [1.165, 1.54) is 6.07 Å². The van der Waals surface area contributed by atoms with E-state index in [4.69, 9.17) is 16.3 Å². The van der Waals surface area contributed by atoms with E-state index in [0.29, 0.717) is 36.5 Å². The molecule has 1 spiro atoms. The Morgan fingerprint density at radius 3 is 2.65 bits per heavy atom. The Kier molecular flexibility index (Phi) is 5.32. The minimum atomic E-state index is -4.44. The first-order chi connectivity index (χ1) is 17.8. The number of benzene rings is 1. The summed E-state index contributed by atoms with van der Waals surface area (Å²) in [6.07, 6.45) is -1.57. The maximum Gasteiger partial charge on any atom is 0.433 e. The van der Waals surface area contributed by atoms with Gasteiger partial charge in [-0.15, -0.1) is 10.2 Å². The van der Waals surface area contributed by atoms with Crippen LogP contribution in [0, 0.1) is 5.41 Å². The van der Waals surface area contributed by atoms with Crippen LogP contribution in [0.4, 0.5) is 19.0 Å². The van der Waals surface area contributed by atoms with Gasteiger partial charge in [0.05, 0.1) is 18.8 Å². The number of halogens is 4. The summed E-state index contributed by atoms with van der Waals surface area (Å²) in [4.78, 5) is 8.20. The first-order valence-electron chi connectivity index (χ1n) is 12.6. The van der Waals surface area contributed by atoms with Gasteiger partial charge in [-0.2, -0.15) is 13.2 Å². The van der Waals surface area contributed by atoms with Crippen molar-refractivity contribution in [1.82, 2.24) is 24.6 Å². The van der Waals surface area contributed by atoms with Crippen molar-refractivity contribution in [1.29, 1.82) is 0 Å². The molecule has 1 aliphatic carbocycles. The zero-order valence-corrected chi connectivity index (χ0v) is 20.8. The second-order valence-electron chi connectivity index (χ2n) is 10.8. The quantitative estimate of drug-likeness (QED) is 0.484. The number of pyridine rings is 1. The van der Waals surface area contributed by atoms with Gasteiger partial charge < -0.3 is 9.64 Å². The van der Waals surface area contributed by atoms with Gasteiger partial charge in [0.25, 0.3) is 0 Å². The lowest BCUT2D eigenvalue weighted by Gasteiger charge is -2.59. The smallest absolute Gasteiger partial charge is 0.380 e. The fourth-order valence-electron chi connectivity index (χ4n) is 6.49. The first kappa shape index (κ1) is 23.4. The van der Waals surface area contributed by atoms with Crippen LogP contribution in [0.2, 0.25) is 5.02 Å². The van der Waals surface area contributed by atoms with E-state index in [-0.39, 0.29) is 11.3 Å². The number of hydrogen-bond acceptors (Lipinski definition) is 6. The molecule has 0 radical (unpaired) electrons. The molecule has 0 bridgehead atoms.